The molecule has 2 N–H and O–H groups in total. The molecule has 0 saturated heterocycles. The molecule has 0 radical (unpaired) electrons. The number of hydrogen-bond donors (Lipinski definition) is 2. The van der Waals surface area contributed by atoms with Gasteiger partial charge in [0.2, 0.25) is 5.91 Å². The van der Waals surface area contributed by atoms with Crippen LogP contribution in [0, 0.1) is 0 Å². The highest BCUT2D eigenvalue weighted by atomic mass is 16.2. The average molecular weight is 346 g/mol. The van der Waals surface area contributed by atoms with Gasteiger partial charge in [0, 0.05) is 24.7 Å². The number of rotatable bonds is 6. The summed E-state index contributed by atoms with van der Waals surface area (Å²) in [5.41, 5.74) is 4.16. The fourth-order valence-electron chi connectivity index (χ4n) is 3.29. The van der Waals surface area contributed by atoms with Gasteiger partial charge in [0.15, 0.2) is 0 Å². The molecule has 5 heteroatoms. The highest BCUT2D eigenvalue weighted by molar-refractivity contribution is 5.80. The summed E-state index contributed by atoms with van der Waals surface area (Å²) >= 11 is 0. The minimum absolute atomic E-state index is 0.155. The van der Waals surface area contributed by atoms with E-state index in [1.807, 2.05) is 42.3 Å². The normalized spacial score (nSPS) is 11.3. The van der Waals surface area contributed by atoms with Crippen LogP contribution in [0.1, 0.15) is 31.2 Å². The lowest BCUT2D eigenvalue weighted by Gasteiger charge is -2.22. The maximum atomic E-state index is 12.7. The number of amides is 1. The van der Waals surface area contributed by atoms with Gasteiger partial charge in [-0.25, -0.2) is 4.98 Å². The number of imidazole rings is 1. The van der Waals surface area contributed by atoms with E-state index in [0.717, 1.165) is 39.7 Å². The predicted octanol–water partition coefficient (Wildman–Crippen LogP) is 4.37. The van der Waals surface area contributed by atoms with Crippen LogP contribution in [-0.2, 0) is 17.9 Å². The SMILES string of the molecule is CCCC(=O)N(Cc1ccc2[nH]ccc2c1)Cc1nc2ccccc2[nH]1. The van der Waals surface area contributed by atoms with Crippen molar-refractivity contribution in [2.24, 2.45) is 0 Å². The summed E-state index contributed by atoms with van der Waals surface area (Å²) in [7, 11) is 0. The largest absolute Gasteiger partial charge is 0.361 e. The Bertz CT molecular complexity index is 1010. The van der Waals surface area contributed by atoms with E-state index in [1.165, 1.54) is 0 Å². The predicted molar refractivity (Wildman–Crippen MR) is 104 cm³/mol. The molecule has 2 aromatic carbocycles. The molecule has 2 heterocycles. The molecule has 4 aromatic rings. The molecule has 0 bridgehead atoms. The third kappa shape index (κ3) is 3.33. The topological polar surface area (TPSA) is 64.8 Å². The molecule has 0 spiro atoms. The molecule has 0 aliphatic heterocycles. The van der Waals surface area contributed by atoms with Gasteiger partial charge in [-0.05, 0) is 47.7 Å². The third-order valence-electron chi connectivity index (χ3n) is 4.59. The zero-order chi connectivity index (χ0) is 17.9. The summed E-state index contributed by atoms with van der Waals surface area (Å²) in [6.07, 6.45) is 3.32. The van der Waals surface area contributed by atoms with Gasteiger partial charge in [0.05, 0.1) is 17.6 Å². The lowest BCUT2D eigenvalue weighted by molar-refractivity contribution is -0.132. The number of fused-ring (bicyclic) bond motifs is 2. The molecule has 0 unspecified atom stereocenters. The lowest BCUT2D eigenvalue weighted by atomic mass is 10.1. The van der Waals surface area contributed by atoms with Gasteiger partial charge in [0.25, 0.3) is 0 Å². The maximum absolute atomic E-state index is 12.7. The number of H-pyrrole nitrogens is 2. The number of aromatic amines is 2. The first-order valence-electron chi connectivity index (χ1n) is 9.00. The van der Waals surface area contributed by atoms with E-state index in [4.69, 9.17) is 0 Å². The monoisotopic (exact) mass is 346 g/mol. The molecule has 5 nitrogen and oxygen atoms in total. The molecule has 132 valence electrons. The average Bonchev–Trinajstić information content (AvgIpc) is 3.26. The van der Waals surface area contributed by atoms with Gasteiger partial charge < -0.3 is 14.9 Å². The first-order chi connectivity index (χ1) is 12.7. The minimum Gasteiger partial charge on any atom is -0.361 e. The number of nitrogens with one attached hydrogen (secondary N) is 2. The van der Waals surface area contributed by atoms with Crippen molar-refractivity contribution in [3.8, 4) is 0 Å². The number of para-hydroxylation sites is 2. The van der Waals surface area contributed by atoms with E-state index in [2.05, 4.69) is 39.2 Å². The number of nitrogens with zero attached hydrogens (tertiary/aromatic N) is 2. The van der Waals surface area contributed by atoms with Gasteiger partial charge in [-0.2, -0.15) is 0 Å². The van der Waals surface area contributed by atoms with Crippen LogP contribution >= 0.6 is 0 Å². The van der Waals surface area contributed by atoms with Crippen LogP contribution in [0.5, 0.6) is 0 Å². The molecule has 0 atom stereocenters. The van der Waals surface area contributed by atoms with Crippen molar-refractivity contribution >= 4 is 27.8 Å². The zero-order valence-corrected chi connectivity index (χ0v) is 14.8. The Morgan fingerprint density at radius 1 is 1.08 bits per heavy atom. The van der Waals surface area contributed by atoms with Gasteiger partial charge in [-0.1, -0.05) is 25.1 Å². The molecule has 1 amide bonds. The highest BCUT2D eigenvalue weighted by Gasteiger charge is 2.16. The molecular formula is C21H22N4O. The van der Waals surface area contributed by atoms with Crippen LogP contribution in [0.25, 0.3) is 21.9 Å². The van der Waals surface area contributed by atoms with Crippen molar-refractivity contribution in [3.63, 3.8) is 0 Å². The fraction of sp³-hybridized carbons (Fsp3) is 0.238. The Morgan fingerprint density at radius 2 is 1.96 bits per heavy atom. The third-order valence-corrected chi connectivity index (χ3v) is 4.59. The Balaban J connectivity index is 1.59. The van der Waals surface area contributed by atoms with Gasteiger partial charge in [-0.3, -0.25) is 4.79 Å². The van der Waals surface area contributed by atoms with Gasteiger partial charge in [-0.15, -0.1) is 0 Å². The summed E-state index contributed by atoms with van der Waals surface area (Å²) in [6, 6.07) is 16.3. The quantitative estimate of drug-likeness (QED) is 0.544. The number of aromatic nitrogens is 3. The van der Waals surface area contributed by atoms with Gasteiger partial charge >= 0.3 is 0 Å². The van der Waals surface area contributed by atoms with E-state index in [9.17, 15) is 4.79 Å². The number of carbonyl (C=O) groups is 1. The molecule has 0 fully saturated rings. The van der Waals surface area contributed by atoms with Crippen molar-refractivity contribution in [1.29, 1.82) is 0 Å². The second-order valence-corrected chi connectivity index (χ2v) is 6.60. The van der Waals surface area contributed by atoms with Crippen LogP contribution in [0.4, 0.5) is 0 Å². The number of benzene rings is 2. The Kier molecular flexibility index (Phi) is 4.44. The van der Waals surface area contributed by atoms with E-state index >= 15 is 0 Å². The van der Waals surface area contributed by atoms with Crippen LogP contribution in [0.2, 0.25) is 0 Å². The molecule has 0 aliphatic rings. The summed E-state index contributed by atoms with van der Waals surface area (Å²) in [6.45, 7) is 3.10. The van der Waals surface area contributed by atoms with Crippen LogP contribution in [0.3, 0.4) is 0 Å². The van der Waals surface area contributed by atoms with E-state index in [-0.39, 0.29) is 5.91 Å². The summed E-state index contributed by atoms with van der Waals surface area (Å²) in [5, 5.41) is 1.16. The molecule has 0 saturated carbocycles. The van der Waals surface area contributed by atoms with E-state index in [0.29, 0.717) is 19.5 Å². The molecule has 2 aromatic heterocycles. The second kappa shape index (κ2) is 7.04. The Labute approximate surface area is 152 Å². The van der Waals surface area contributed by atoms with Crippen molar-refractivity contribution in [3.05, 3.63) is 66.1 Å². The first-order valence-corrected chi connectivity index (χ1v) is 9.00. The molecule has 0 aliphatic carbocycles. The van der Waals surface area contributed by atoms with Crippen LogP contribution < -0.4 is 0 Å². The minimum atomic E-state index is 0.155. The standard InChI is InChI=1S/C21H22N4O/c1-2-5-21(26)25(13-15-8-9-17-16(12-15)10-11-22-17)14-20-23-18-6-3-4-7-19(18)24-20/h3-4,6-12,22H,2,5,13-14H2,1H3,(H,23,24). The van der Waals surface area contributed by atoms with E-state index < -0.39 is 0 Å². The summed E-state index contributed by atoms with van der Waals surface area (Å²) in [5.74, 6) is 0.973. The smallest absolute Gasteiger partial charge is 0.223 e. The van der Waals surface area contributed by atoms with Crippen LogP contribution in [0.15, 0.2) is 54.7 Å². The zero-order valence-electron chi connectivity index (χ0n) is 14.8. The highest BCUT2D eigenvalue weighted by Crippen LogP contribution is 2.18. The lowest BCUT2D eigenvalue weighted by Crippen LogP contribution is -2.30. The van der Waals surface area contributed by atoms with Crippen LogP contribution in [-0.4, -0.2) is 25.8 Å². The van der Waals surface area contributed by atoms with Gasteiger partial charge in [0.1, 0.15) is 5.82 Å². The van der Waals surface area contributed by atoms with Crippen molar-refractivity contribution in [2.75, 3.05) is 0 Å². The number of carbonyl (C=O) groups excluding carboxylic acids is 1. The number of hydrogen-bond acceptors (Lipinski definition) is 2. The Hall–Kier alpha value is -3.08. The summed E-state index contributed by atoms with van der Waals surface area (Å²) < 4.78 is 0. The molecule has 4 rings (SSSR count). The summed E-state index contributed by atoms with van der Waals surface area (Å²) in [4.78, 5) is 25.7. The van der Waals surface area contributed by atoms with Crippen molar-refractivity contribution in [1.82, 2.24) is 19.9 Å². The second-order valence-electron chi connectivity index (χ2n) is 6.60. The Morgan fingerprint density at radius 3 is 2.81 bits per heavy atom. The van der Waals surface area contributed by atoms with Crippen molar-refractivity contribution in [2.45, 2.75) is 32.9 Å². The first kappa shape index (κ1) is 16.4. The molecular weight excluding hydrogens is 324 g/mol. The van der Waals surface area contributed by atoms with E-state index in [1.54, 1.807) is 0 Å². The van der Waals surface area contributed by atoms with Crippen molar-refractivity contribution < 1.29 is 4.79 Å². The fourth-order valence-corrected chi connectivity index (χ4v) is 3.29. The maximum Gasteiger partial charge on any atom is 0.223 e. The molecule has 26 heavy (non-hydrogen) atoms.